The van der Waals surface area contributed by atoms with Crippen LogP contribution < -0.4 is 11.1 Å². The molecular formula is C15H23N3O2. The number of benzene rings is 1. The van der Waals surface area contributed by atoms with Crippen molar-refractivity contribution in [3.63, 3.8) is 0 Å². The molecule has 0 bridgehead atoms. The topological polar surface area (TPSA) is 75.4 Å². The van der Waals surface area contributed by atoms with Crippen molar-refractivity contribution in [2.75, 3.05) is 20.1 Å². The molecule has 0 aliphatic heterocycles. The van der Waals surface area contributed by atoms with Gasteiger partial charge in [-0.2, -0.15) is 0 Å². The van der Waals surface area contributed by atoms with Crippen LogP contribution in [0.3, 0.4) is 0 Å². The van der Waals surface area contributed by atoms with Crippen molar-refractivity contribution in [2.24, 2.45) is 5.73 Å². The van der Waals surface area contributed by atoms with E-state index in [1.807, 2.05) is 30.3 Å². The number of amides is 2. The Labute approximate surface area is 120 Å². The fourth-order valence-corrected chi connectivity index (χ4v) is 2.10. The Morgan fingerprint density at radius 1 is 1.25 bits per heavy atom. The van der Waals surface area contributed by atoms with Crippen molar-refractivity contribution in [1.82, 2.24) is 10.2 Å². The fraction of sp³-hybridized carbons (Fsp3) is 0.467. The predicted molar refractivity (Wildman–Crippen MR) is 78.9 cm³/mol. The van der Waals surface area contributed by atoms with Crippen LogP contribution >= 0.6 is 0 Å². The van der Waals surface area contributed by atoms with Gasteiger partial charge in [0.05, 0.1) is 19.1 Å². The number of hydrogen-bond acceptors (Lipinski definition) is 3. The Balaban J connectivity index is 2.57. The molecule has 0 radical (unpaired) electrons. The second kappa shape index (κ2) is 8.32. The summed E-state index contributed by atoms with van der Waals surface area (Å²) in [4.78, 5) is 24.4. The van der Waals surface area contributed by atoms with Crippen LogP contribution in [0.15, 0.2) is 30.3 Å². The molecule has 0 saturated heterocycles. The Hall–Kier alpha value is -1.88. The highest BCUT2D eigenvalue weighted by molar-refractivity contribution is 5.80. The molecule has 0 spiro atoms. The van der Waals surface area contributed by atoms with E-state index in [9.17, 15) is 9.59 Å². The van der Waals surface area contributed by atoms with Crippen molar-refractivity contribution in [3.05, 3.63) is 35.9 Å². The van der Waals surface area contributed by atoms with Gasteiger partial charge < -0.3 is 11.1 Å². The van der Waals surface area contributed by atoms with Gasteiger partial charge in [0.2, 0.25) is 11.8 Å². The third kappa shape index (κ3) is 5.84. The lowest BCUT2D eigenvalue weighted by atomic mass is 10.0. The van der Waals surface area contributed by atoms with Crippen LogP contribution in [0.1, 0.15) is 31.4 Å². The molecule has 110 valence electrons. The van der Waals surface area contributed by atoms with E-state index in [0.717, 1.165) is 18.4 Å². The summed E-state index contributed by atoms with van der Waals surface area (Å²) in [6, 6.07) is 9.90. The zero-order valence-electron chi connectivity index (χ0n) is 12.1. The van der Waals surface area contributed by atoms with Gasteiger partial charge in [0.25, 0.3) is 0 Å². The van der Waals surface area contributed by atoms with Crippen LogP contribution in [0, 0.1) is 0 Å². The molecule has 2 amide bonds. The lowest BCUT2D eigenvalue weighted by Crippen LogP contribution is -2.40. The Morgan fingerprint density at radius 3 is 2.45 bits per heavy atom. The molecule has 20 heavy (non-hydrogen) atoms. The molecule has 0 saturated carbocycles. The predicted octanol–water partition coefficient (Wildman–Crippen LogP) is 1.06. The Bertz CT molecular complexity index is 434. The third-order valence-corrected chi connectivity index (χ3v) is 2.95. The first kappa shape index (κ1) is 16.2. The normalized spacial score (nSPS) is 12.2. The first-order chi connectivity index (χ1) is 9.52. The molecule has 1 atom stereocenters. The van der Waals surface area contributed by atoms with Gasteiger partial charge in [-0.15, -0.1) is 0 Å². The summed E-state index contributed by atoms with van der Waals surface area (Å²) < 4.78 is 0. The number of nitrogens with two attached hydrogens (primary N) is 1. The van der Waals surface area contributed by atoms with Gasteiger partial charge in [0.1, 0.15) is 0 Å². The van der Waals surface area contributed by atoms with Gasteiger partial charge in [-0.1, -0.05) is 43.7 Å². The van der Waals surface area contributed by atoms with E-state index in [0.29, 0.717) is 0 Å². The number of carbonyl (C=O) groups is 2. The summed E-state index contributed by atoms with van der Waals surface area (Å²) in [6.07, 6.45) is 1.87. The first-order valence-corrected chi connectivity index (χ1v) is 6.84. The van der Waals surface area contributed by atoms with Gasteiger partial charge in [-0.05, 0) is 19.0 Å². The molecule has 5 heteroatoms. The number of hydrogen-bond donors (Lipinski definition) is 2. The summed E-state index contributed by atoms with van der Waals surface area (Å²) in [5.41, 5.74) is 6.19. The van der Waals surface area contributed by atoms with Gasteiger partial charge in [-0.3, -0.25) is 14.5 Å². The van der Waals surface area contributed by atoms with E-state index in [1.54, 1.807) is 11.9 Å². The number of rotatable bonds is 8. The van der Waals surface area contributed by atoms with Crippen molar-refractivity contribution in [3.8, 4) is 0 Å². The minimum atomic E-state index is -0.437. The average Bonchev–Trinajstić information content (AvgIpc) is 2.38. The van der Waals surface area contributed by atoms with Crippen LogP contribution in [0.25, 0.3) is 0 Å². The monoisotopic (exact) mass is 277 g/mol. The fourth-order valence-electron chi connectivity index (χ4n) is 2.10. The molecule has 0 aliphatic carbocycles. The zero-order valence-corrected chi connectivity index (χ0v) is 12.1. The van der Waals surface area contributed by atoms with Crippen LogP contribution in [-0.2, 0) is 9.59 Å². The maximum absolute atomic E-state index is 12.0. The number of likely N-dealkylation sites (N-methyl/N-ethyl adjacent to an activating group) is 1. The highest BCUT2D eigenvalue weighted by Gasteiger charge is 2.15. The largest absolute Gasteiger partial charge is 0.369 e. The van der Waals surface area contributed by atoms with E-state index < -0.39 is 5.91 Å². The molecule has 5 nitrogen and oxygen atoms in total. The van der Waals surface area contributed by atoms with Crippen LogP contribution in [0.4, 0.5) is 0 Å². The van der Waals surface area contributed by atoms with Crippen molar-refractivity contribution in [1.29, 1.82) is 0 Å². The number of primary amides is 1. The minimum absolute atomic E-state index is 0.00989. The average molecular weight is 277 g/mol. The molecule has 3 N–H and O–H groups in total. The number of nitrogens with zero attached hydrogens (tertiary/aromatic N) is 1. The lowest BCUT2D eigenvalue weighted by molar-refractivity contribution is -0.124. The van der Waals surface area contributed by atoms with E-state index in [1.165, 1.54) is 0 Å². The maximum atomic E-state index is 12.0. The van der Waals surface area contributed by atoms with Gasteiger partial charge in [0, 0.05) is 0 Å². The molecule has 0 aliphatic rings. The summed E-state index contributed by atoms with van der Waals surface area (Å²) in [5.74, 6) is -0.537. The standard InChI is InChI=1S/C15H23N3O2/c1-3-7-13(12-8-5-4-6-9-12)17-15(20)11-18(2)10-14(16)19/h4-6,8-9,13H,3,7,10-11H2,1-2H3,(H2,16,19)(H,17,20)/t13-/m1/s1. The summed E-state index contributed by atoms with van der Waals surface area (Å²) in [6.45, 7) is 2.33. The number of carbonyl (C=O) groups excluding carboxylic acids is 2. The van der Waals surface area contributed by atoms with E-state index in [2.05, 4.69) is 12.2 Å². The van der Waals surface area contributed by atoms with Gasteiger partial charge in [0.15, 0.2) is 0 Å². The summed E-state index contributed by atoms with van der Waals surface area (Å²) >= 11 is 0. The summed E-state index contributed by atoms with van der Waals surface area (Å²) in [5, 5.41) is 3.01. The van der Waals surface area contributed by atoms with Crippen LogP contribution in [0.5, 0.6) is 0 Å². The molecule has 0 heterocycles. The highest BCUT2D eigenvalue weighted by atomic mass is 16.2. The van der Waals surface area contributed by atoms with Crippen molar-refractivity contribution >= 4 is 11.8 Å². The van der Waals surface area contributed by atoms with Crippen molar-refractivity contribution < 1.29 is 9.59 Å². The quantitative estimate of drug-likeness (QED) is 0.746. The Kier molecular flexibility index (Phi) is 6.73. The molecule has 1 aromatic carbocycles. The van der Waals surface area contributed by atoms with E-state index in [-0.39, 0.29) is 25.0 Å². The van der Waals surface area contributed by atoms with E-state index >= 15 is 0 Å². The molecule has 0 unspecified atom stereocenters. The van der Waals surface area contributed by atoms with Gasteiger partial charge >= 0.3 is 0 Å². The molecule has 1 aromatic rings. The first-order valence-electron chi connectivity index (χ1n) is 6.84. The second-order valence-corrected chi connectivity index (χ2v) is 4.96. The lowest BCUT2D eigenvalue weighted by Gasteiger charge is -2.21. The zero-order chi connectivity index (χ0) is 15.0. The van der Waals surface area contributed by atoms with Crippen LogP contribution in [0.2, 0.25) is 0 Å². The molecular weight excluding hydrogens is 254 g/mol. The van der Waals surface area contributed by atoms with Crippen molar-refractivity contribution in [2.45, 2.75) is 25.8 Å². The minimum Gasteiger partial charge on any atom is -0.369 e. The molecule has 0 fully saturated rings. The number of nitrogens with one attached hydrogen (secondary N) is 1. The Morgan fingerprint density at radius 2 is 1.90 bits per heavy atom. The van der Waals surface area contributed by atoms with E-state index in [4.69, 9.17) is 5.73 Å². The molecule has 0 aromatic heterocycles. The summed E-state index contributed by atoms with van der Waals surface area (Å²) in [7, 11) is 1.70. The van der Waals surface area contributed by atoms with Crippen LogP contribution in [-0.4, -0.2) is 36.9 Å². The van der Waals surface area contributed by atoms with Gasteiger partial charge in [-0.25, -0.2) is 0 Å². The third-order valence-electron chi connectivity index (χ3n) is 2.95. The maximum Gasteiger partial charge on any atom is 0.234 e. The SMILES string of the molecule is CCC[C@@H](NC(=O)CN(C)CC(N)=O)c1ccccc1. The second-order valence-electron chi connectivity index (χ2n) is 4.96. The smallest absolute Gasteiger partial charge is 0.234 e. The molecule has 1 rings (SSSR count). The highest BCUT2D eigenvalue weighted by Crippen LogP contribution is 2.17.